The van der Waals surface area contributed by atoms with Crippen LogP contribution in [0.25, 0.3) is 0 Å². The van der Waals surface area contributed by atoms with Crippen molar-refractivity contribution in [2.45, 2.75) is 57.5 Å². The zero-order chi connectivity index (χ0) is 14.7. The lowest BCUT2D eigenvalue weighted by molar-refractivity contribution is 0.328. The van der Waals surface area contributed by atoms with Crippen molar-refractivity contribution >= 4 is 0 Å². The van der Waals surface area contributed by atoms with E-state index in [0.29, 0.717) is 6.04 Å². The number of hydrogen-bond donors (Lipinski definition) is 1. The average molecular weight is 284 g/mol. The van der Waals surface area contributed by atoms with Crippen LogP contribution in [0.2, 0.25) is 0 Å². The first kappa shape index (κ1) is 14.3. The number of hydrogen-bond acceptors (Lipinski definition) is 3. The van der Waals surface area contributed by atoms with Crippen molar-refractivity contribution in [3.8, 4) is 0 Å². The summed E-state index contributed by atoms with van der Waals surface area (Å²) in [5.41, 5.74) is 9.53. The largest absolute Gasteiger partial charge is 0.324 e. The summed E-state index contributed by atoms with van der Waals surface area (Å²) in [7, 11) is 0. The van der Waals surface area contributed by atoms with Crippen LogP contribution in [0.5, 0.6) is 0 Å². The highest BCUT2D eigenvalue weighted by Crippen LogP contribution is 2.27. The molecule has 21 heavy (non-hydrogen) atoms. The maximum absolute atomic E-state index is 6.33. The minimum atomic E-state index is -0.0339. The molecule has 1 saturated carbocycles. The molecule has 0 aromatic carbocycles. The fourth-order valence-corrected chi connectivity index (χ4v) is 3.26. The third-order valence-corrected chi connectivity index (χ3v) is 4.49. The van der Waals surface area contributed by atoms with Crippen LogP contribution in [0.1, 0.15) is 61.1 Å². The number of aromatic nitrogens is 3. The first-order valence-electron chi connectivity index (χ1n) is 7.95. The van der Waals surface area contributed by atoms with E-state index in [2.05, 4.69) is 28.0 Å². The van der Waals surface area contributed by atoms with Gasteiger partial charge in [0, 0.05) is 30.6 Å². The molecule has 2 aromatic rings. The molecule has 1 unspecified atom stereocenters. The van der Waals surface area contributed by atoms with Gasteiger partial charge in [0.25, 0.3) is 0 Å². The van der Waals surface area contributed by atoms with Gasteiger partial charge in [0.15, 0.2) is 0 Å². The van der Waals surface area contributed by atoms with Crippen LogP contribution < -0.4 is 5.73 Å². The van der Waals surface area contributed by atoms with Crippen molar-refractivity contribution in [3.05, 3.63) is 47.5 Å². The summed E-state index contributed by atoms with van der Waals surface area (Å²) < 4.78 is 2.15. The van der Waals surface area contributed by atoms with Gasteiger partial charge in [-0.05, 0) is 37.5 Å². The van der Waals surface area contributed by atoms with Crippen molar-refractivity contribution in [3.63, 3.8) is 0 Å². The van der Waals surface area contributed by atoms with Crippen LogP contribution >= 0.6 is 0 Å². The lowest BCUT2D eigenvalue weighted by Crippen LogP contribution is -2.17. The fourth-order valence-electron chi connectivity index (χ4n) is 3.26. The molecule has 0 saturated heterocycles. The Bertz CT molecular complexity index is 584. The summed E-state index contributed by atoms with van der Waals surface area (Å²) in [5, 5.41) is 4.75. The molecular formula is C17H24N4. The zero-order valence-corrected chi connectivity index (χ0v) is 12.7. The highest BCUT2D eigenvalue weighted by Gasteiger charge is 2.17. The van der Waals surface area contributed by atoms with Crippen LogP contribution in [0.15, 0.2) is 30.6 Å². The molecule has 2 aromatic heterocycles. The highest BCUT2D eigenvalue weighted by molar-refractivity contribution is 5.23. The zero-order valence-electron chi connectivity index (χ0n) is 12.7. The summed E-state index contributed by atoms with van der Waals surface area (Å²) in [4.78, 5) is 4.31. The van der Waals surface area contributed by atoms with Crippen molar-refractivity contribution in [1.29, 1.82) is 0 Å². The van der Waals surface area contributed by atoms with Crippen molar-refractivity contribution < 1.29 is 0 Å². The molecule has 1 fully saturated rings. The molecular weight excluding hydrogens is 260 g/mol. The van der Waals surface area contributed by atoms with Gasteiger partial charge in [-0.3, -0.25) is 9.67 Å². The van der Waals surface area contributed by atoms with Crippen LogP contribution in [-0.2, 0) is 6.42 Å². The molecule has 0 spiro atoms. The fraction of sp³-hybridized carbons (Fsp3) is 0.529. The number of rotatable bonds is 4. The number of nitrogens with zero attached hydrogens (tertiary/aromatic N) is 3. The van der Waals surface area contributed by atoms with Crippen LogP contribution in [-0.4, -0.2) is 14.8 Å². The lowest BCUT2D eigenvalue weighted by atomic mass is 9.96. The van der Waals surface area contributed by atoms with Crippen LogP contribution in [0.4, 0.5) is 0 Å². The standard InChI is InChI=1S/C17H24N4/c1-13-16(8-5-10-19-13)17(18)12-14-9-11-21(20-14)15-6-3-2-4-7-15/h5,8-11,15,17H,2-4,6-7,12,18H2,1H3. The van der Waals surface area contributed by atoms with E-state index in [1.165, 1.54) is 32.1 Å². The molecule has 3 rings (SSSR count). The summed E-state index contributed by atoms with van der Waals surface area (Å²) in [6, 6.07) is 6.67. The van der Waals surface area contributed by atoms with Crippen LogP contribution in [0.3, 0.4) is 0 Å². The van der Waals surface area contributed by atoms with E-state index in [4.69, 9.17) is 10.8 Å². The Morgan fingerprint density at radius 2 is 2.10 bits per heavy atom. The monoisotopic (exact) mass is 284 g/mol. The van der Waals surface area contributed by atoms with Crippen molar-refractivity contribution in [2.24, 2.45) is 5.73 Å². The molecule has 1 atom stereocenters. The number of nitrogens with two attached hydrogens (primary N) is 1. The molecule has 4 heteroatoms. The van der Waals surface area contributed by atoms with Crippen LogP contribution in [0, 0.1) is 6.92 Å². The van der Waals surface area contributed by atoms with E-state index < -0.39 is 0 Å². The van der Waals surface area contributed by atoms with Gasteiger partial charge in [0.1, 0.15) is 0 Å². The normalized spacial score (nSPS) is 17.8. The second-order valence-electron chi connectivity index (χ2n) is 6.07. The first-order valence-corrected chi connectivity index (χ1v) is 7.95. The Kier molecular flexibility index (Phi) is 4.34. The molecule has 2 heterocycles. The molecule has 0 radical (unpaired) electrons. The quantitative estimate of drug-likeness (QED) is 0.937. The van der Waals surface area contributed by atoms with E-state index in [0.717, 1.165) is 23.4 Å². The minimum absolute atomic E-state index is 0.0339. The lowest BCUT2D eigenvalue weighted by Gasteiger charge is -2.21. The van der Waals surface area contributed by atoms with Gasteiger partial charge in [0.05, 0.1) is 11.7 Å². The number of pyridine rings is 1. The third kappa shape index (κ3) is 3.32. The Balaban J connectivity index is 1.68. The minimum Gasteiger partial charge on any atom is -0.324 e. The molecule has 1 aliphatic rings. The van der Waals surface area contributed by atoms with Gasteiger partial charge in [-0.15, -0.1) is 0 Å². The van der Waals surface area contributed by atoms with E-state index in [9.17, 15) is 0 Å². The van der Waals surface area contributed by atoms with Gasteiger partial charge in [-0.2, -0.15) is 5.10 Å². The van der Waals surface area contributed by atoms with Gasteiger partial charge >= 0.3 is 0 Å². The Morgan fingerprint density at radius 1 is 1.29 bits per heavy atom. The Morgan fingerprint density at radius 3 is 2.86 bits per heavy atom. The third-order valence-electron chi connectivity index (χ3n) is 4.49. The summed E-state index contributed by atoms with van der Waals surface area (Å²) in [5.74, 6) is 0. The second kappa shape index (κ2) is 6.39. The van der Waals surface area contributed by atoms with E-state index in [-0.39, 0.29) is 6.04 Å². The SMILES string of the molecule is Cc1ncccc1C(N)Cc1ccn(C2CCCCC2)n1. The Hall–Kier alpha value is -1.68. The number of aryl methyl sites for hydroxylation is 1. The second-order valence-corrected chi connectivity index (χ2v) is 6.07. The van der Waals surface area contributed by atoms with E-state index in [1.54, 1.807) is 0 Å². The molecule has 0 aliphatic heterocycles. The predicted octanol–water partition coefficient (Wildman–Crippen LogP) is 3.33. The predicted molar refractivity (Wildman–Crippen MR) is 84.0 cm³/mol. The summed E-state index contributed by atoms with van der Waals surface area (Å²) in [6.07, 6.45) is 11.2. The summed E-state index contributed by atoms with van der Waals surface area (Å²) >= 11 is 0. The summed E-state index contributed by atoms with van der Waals surface area (Å²) in [6.45, 7) is 2.01. The van der Waals surface area contributed by atoms with Gasteiger partial charge < -0.3 is 5.73 Å². The maximum Gasteiger partial charge on any atom is 0.0643 e. The molecule has 0 bridgehead atoms. The molecule has 0 amide bonds. The average Bonchev–Trinajstić information content (AvgIpc) is 2.97. The van der Waals surface area contributed by atoms with Gasteiger partial charge in [-0.25, -0.2) is 0 Å². The van der Waals surface area contributed by atoms with Crippen molar-refractivity contribution in [2.75, 3.05) is 0 Å². The topological polar surface area (TPSA) is 56.7 Å². The van der Waals surface area contributed by atoms with Gasteiger partial charge in [0.2, 0.25) is 0 Å². The van der Waals surface area contributed by atoms with Gasteiger partial charge in [-0.1, -0.05) is 25.3 Å². The van der Waals surface area contributed by atoms with E-state index >= 15 is 0 Å². The molecule has 1 aliphatic carbocycles. The molecule has 112 valence electrons. The first-order chi connectivity index (χ1) is 10.2. The molecule has 2 N–H and O–H groups in total. The van der Waals surface area contributed by atoms with E-state index in [1.807, 2.05) is 19.2 Å². The maximum atomic E-state index is 6.33. The molecule has 4 nitrogen and oxygen atoms in total. The van der Waals surface area contributed by atoms with Crippen molar-refractivity contribution in [1.82, 2.24) is 14.8 Å². The Labute approximate surface area is 126 Å². The highest BCUT2D eigenvalue weighted by atomic mass is 15.3. The smallest absolute Gasteiger partial charge is 0.0643 e.